The van der Waals surface area contributed by atoms with Crippen molar-refractivity contribution in [2.45, 2.75) is 20.8 Å². The summed E-state index contributed by atoms with van der Waals surface area (Å²) >= 11 is 0. The fourth-order valence-corrected chi connectivity index (χ4v) is 3.29. The minimum atomic E-state index is 0.391. The predicted octanol–water partition coefficient (Wildman–Crippen LogP) is 4.70. The minimum absolute atomic E-state index is 0.391. The second-order valence-corrected chi connectivity index (χ2v) is 7.02. The third kappa shape index (κ3) is 3.60. The van der Waals surface area contributed by atoms with E-state index in [9.17, 15) is 0 Å². The van der Waals surface area contributed by atoms with Gasteiger partial charge >= 0.3 is 0 Å². The molecule has 0 spiro atoms. The average molecular weight is 384 g/mol. The minimum Gasteiger partial charge on any atom is -0.436 e. The number of hydrogen-bond donors (Lipinski definition) is 1. The number of nitrogens with one attached hydrogen (secondary N) is 1. The Morgan fingerprint density at radius 3 is 2.38 bits per heavy atom. The summed E-state index contributed by atoms with van der Waals surface area (Å²) in [6.07, 6.45) is 1.69. The van der Waals surface area contributed by atoms with Gasteiger partial charge in [0.2, 0.25) is 5.95 Å². The average Bonchev–Trinajstić information content (AvgIpc) is 3.06. The lowest BCUT2D eigenvalue weighted by molar-refractivity contribution is 0.461. The molecule has 0 radical (unpaired) electrons. The van der Waals surface area contributed by atoms with E-state index >= 15 is 0 Å². The highest BCUT2D eigenvalue weighted by Crippen LogP contribution is 2.33. The topological polar surface area (TPSA) is 88.7 Å². The molecule has 0 fully saturated rings. The van der Waals surface area contributed by atoms with E-state index in [1.807, 2.05) is 37.6 Å². The van der Waals surface area contributed by atoms with Crippen molar-refractivity contribution in [3.63, 3.8) is 0 Å². The van der Waals surface area contributed by atoms with Crippen LogP contribution in [-0.2, 0) is 7.05 Å². The van der Waals surface area contributed by atoms with Gasteiger partial charge in [-0.15, -0.1) is 0 Å². The SMILES string of the molecule is Cc1cc(C)c(Oc2nc(Nc3ccc(C#N)cc3)nc3c2ncn3C)c(C)c1. The molecule has 7 nitrogen and oxygen atoms in total. The predicted molar refractivity (Wildman–Crippen MR) is 111 cm³/mol. The lowest BCUT2D eigenvalue weighted by Gasteiger charge is -2.13. The zero-order valence-corrected chi connectivity index (χ0v) is 16.7. The van der Waals surface area contributed by atoms with Crippen molar-refractivity contribution < 1.29 is 4.74 Å². The Kier molecular flexibility index (Phi) is 4.61. The smallest absolute Gasteiger partial charge is 0.252 e. The highest BCUT2D eigenvalue weighted by atomic mass is 16.5. The van der Waals surface area contributed by atoms with Gasteiger partial charge in [0.25, 0.3) is 5.88 Å². The summed E-state index contributed by atoms with van der Waals surface area (Å²) < 4.78 is 8.05. The van der Waals surface area contributed by atoms with Gasteiger partial charge in [0.15, 0.2) is 11.2 Å². The quantitative estimate of drug-likeness (QED) is 0.549. The van der Waals surface area contributed by atoms with Crippen molar-refractivity contribution in [3.8, 4) is 17.7 Å². The van der Waals surface area contributed by atoms with E-state index in [1.54, 1.807) is 18.5 Å². The molecule has 0 aliphatic rings. The van der Waals surface area contributed by atoms with Gasteiger partial charge in [-0.05, 0) is 56.2 Å². The molecule has 144 valence electrons. The first kappa shape index (κ1) is 18.4. The number of anilines is 2. The summed E-state index contributed by atoms with van der Waals surface area (Å²) in [7, 11) is 1.87. The maximum atomic E-state index is 8.96. The maximum absolute atomic E-state index is 8.96. The van der Waals surface area contributed by atoms with E-state index in [4.69, 9.17) is 10.00 Å². The van der Waals surface area contributed by atoms with Crippen LogP contribution >= 0.6 is 0 Å². The van der Waals surface area contributed by atoms with Crippen molar-refractivity contribution in [1.29, 1.82) is 5.26 Å². The first-order valence-corrected chi connectivity index (χ1v) is 9.16. The van der Waals surface area contributed by atoms with Gasteiger partial charge in [-0.25, -0.2) is 4.98 Å². The second-order valence-electron chi connectivity index (χ2n) is 7.02. The van der Waals surface area contributed by atoms with Gasteiger partial charge in [-0.3, -0.25) is 0 Å². The van der Waals surface area contributed by atoms with Gasteiger partial charge in [0, 0.05) is 12.7 Å². The Balaban J connectivity index is 1.76. The number of ether oxygens (including phenoxy) is 1. The molecule has 0 aliphatic carbocycles. The van der Waals surface area contributed by atoms with Crippen LogP contribution in [0.2, 0.25) is 0 Å². The molecule has 0 bridgehead atoms. The molecule has 4 aromatic rings. The first-order chi connectivity index (χ1) is 13.9. The highest BCUT2D eigenvalue weighted by Gasteiger charge is 2.16. The van der Waals surface area contributed by atoms with Crippen LogP contribution < -0.4 is 10.1 Å². The molecular formula is C22H20N6O. The van der Waals surface area contributed by atoms with E-state index in [2.05, 4.69) is 45.4 Å². The van der Waals surface area contributed by atoms with Gasteiger partial charge in [0.05, 0.1) is 18.0 Å². The van der Waals surface area contributed by atoms with Gasteiger partial charge in [-0.1, -0.05) is 17.7 Å². The van der Waals surface area contributed by atoms with Crippen LogP contribution in [0.1, 0.15) is 22.3 Å². The third-order valence-corrected chi connectivity index (χ3v) is 4.60. The normalized spacial score (nSPS) is 10.7. The van der Waals surface area contributed by atoms with Crippen LogP contribution in [0.4, 0.5) is 11.6 Å². The number of nitriles is 1. The largest absolute Gasteiger partial charge is 0.436 e. The number of rotatable bonds is 4. The van der Waals surface area contributed by atoms with Crippen molar-refractivity contribution in [2.24, 2.45) is 7.05 Å². The van der Waals surface area contributed by atoms with E-state index in [0.717, 1.165) is 22.6 Å². The number of fused-ring (bicyclic) bond motifs is 1. The Hall–Kier alpha value is -3.92. The maximum Gasteiger partial charge on any atom is 0.252 e. The molecule has 4 rings (SSSR count). The Bertz CT molecular complexity index is 1230. The molecule has 7 heteroatoms. The summed E-state index contributed by atoms with van der Waals surface area (Å²) in [6, 6.07) is 13.4. The van der Waals surface area contributed by atoms with Crippen molar-refractivity contribution in [1.82, 2.24) is 19.5 Å². The number of aryl methyl sites for hydroxylation is 4. The van der Waals surface area contributed by atoms with Gasteiger partial charge in [0.1, 0.15) is 5.75 Å². The molecule has 29 heavy (non-hydrogen) atoms. The number of aromatic nitrogens is 4. The summed E-state index contributed by atoms with van der Waals surface area (Å²) in [5.74, 6) is 1.55. The van der Waals surface area contributed by atoms with E-state index in [1.165, 1.54) is 5.56 Å². The number of imidazole rings is 1. The Morgan fingerprint density at radius 2 is 1.72 bits per heavy atom. The Morgan fingerprint density at radius 1 is 1.03 bits per heavy atom. The molecule has 1 N–H and O–H groups in total. The summed E-state index contributed by atoms with van der Waals surface area (Å²) in [4.78, 5) is 13.5. The summed E-state index contributed by atoms with van der Waals surface area (Å²) in [5.41, 5.74) is 5.87. The summed E-state index contributed by atoms with van der Waals surface area (Å²) in [5, 5.41) is 12.1. The molecule has 0 amide bonds. The van der Waals surface area contributed by atoms with Crippen LogP contribution in [-0.4, -0.2) is 19.5 Å². The van der Waals surface area contributed by atoms with Crippen LogP contribution in [0.5, 0.6) is 11.6 Å². The third-order valence-electron chi connectivity index (χ3n) is 4.60. The first-order valence-electron chi connectivity index (χ1n) is 9.16. The molecule has 2 aromatic carbocycles. The molecule has 0 saturated carbocycles. The molecule has 2 aromatic heterocycles. The lowest BCUT2D eigenvalue weighted by Crippen LogP contribution is -2.02. The van der Waals surface area contributed by atoms with Crippen LogP contribution in [0.15, 0.2) is 42.7 Å². The van der Waals surface area contributed by atoms with Crippen LogP contribution in [0.25, 0.3) is 11.2 Å². The van der Waals surface area contributed by atoms with E-state index in [-0.39, 0.29) is 0 Å². The van der Waals surface area contributed by atoms with Gasteiger partial charge in [-0.2, -0.15) is 15.2 Å². The monoisotopic (exact) mass is 384 g/mol. The molecule has 0 unspecified atom stereocenters. The fraction of sp³-hybridized carbons (Fsp3) is 0.182. The molecule has 0 aliphatic heterocycles. The molecule has 2 heterocycles. The standard InChI is InChI=1S/C22H20N6O/c1-13-9-14(2)19(15(3)10-13)29-21-18-20(28(4)12-24-18)26-22(27-21)25-17-7-5-16(11-23)6-8-17/h5-10,12H,1-4H3,(H,25,26,27). The van der Waals surface area contributed by atoms with Crippen molar-refractivity contribution in [2.75, 3.05) is 5.32 Å². The fourth-order valence-electron chi connectivity index (χ4n) is 3.29. The van der Waals surface area contributed by atoms with Crippen LogP contribution in [0.3, 0.4) is 0 Å². The second kappa shape index (κ2) is 7.24. The van der Waals surface area contributed by atoms with E-state index in [0.29, 0.717) is 28.6 Å². The highest BCUT2D eigenvalue weighted by molar-refractivity contribution is 5.79. The number of nitrogens with zero attached hydrogens (tertiary/aromatic N) is 5. The zero-order valence-electron chi connectivity index (χ0n) is 16.7. The van der Waals surface area contributed by atoms with Crippen molar-refractivity contribution in [3.05, 3.63) is 65.0 Å². The van der Waals surface area contributed by atoms with Crippen molar-refractivity contribution >= 4 is 22.8 Å². The number of hydrogen-bond acceptors (Lipinski definition) is 6. The zero-order chi connectivity index (χ0) is 20.5. The molecule has 0 saturated heterocycles. The number of benzene rings is 2. The summed E-state index contributed by atoms with van der Waals surface area (Å²) in [6.45, 7) is 6.09. The molecular weight excluding hydrogens is 364 g/mol. The van der Waals surface area contributed by atoms with Gasteiger partial charge < -0.3 is 14.6 Å². The molecule has 0 atom stereocenters. The van der Waals surface area contributed by atoms with Crippen LogP contribution in [0, 0.1) is 32.1 Å². The Labute approximate surface area is 168 Å². The lowest BCUT2D eigenvalue weighted by atomic mass is 10.1. The van der Waals surface area contributed by atoms with E-state index < -0.39 is 0 Å².